The van der Waals surface area contributed by atoms with Gasteiger partial charge in [0.2, 0.25) is 11.7 Å². The van der Waals surface area contributed by atoms with Crippen molar-refractivity contribution in [2.75, 3.05) is 5.32 Å². The number of thiophene rings is 1. The van der Waals surface area contributed by atoms with Gasteiger partial charge in [0, 0.05) is 10.4 Å². The molecule has 2 aromatic heterocycles. The summed E-state index contributed by atoms with van der Waals surface area (Å²) in [5.41, 5.74) is 3.71. The van der Waals surface area contributed by atoms with Gasteiger partial charge in [-0.2, -0.15) is 10.1 Å². The lowest BCUT2D eigenvalue weighted by molar-refractivity contribution is -0.117. The molecule has 0 radical (unpaired) electrons. The van der Waals surface area contributed by atoms with Crippen molar-refractivity contribution in [2.45, 2.75) is 39.2 Å². The van der Waals surface area contributed by atoms with Gasteiger partial charge < -0.3 is 5.32 Å². The van der Waals surface area contributed by atoms with Gasteiger partial charge in [0.25, 0.3) is 0 Å². The highest BCUT2D eigenvalue weighted by Gasteiger charge is 2.22. The molecule has 0 fully saturated rings. The van der Waals surface area contributed by atoms with Crippen molar-refractivity contribution in [3.63, 3.8) is 0 Å². The largest absolute Gasteiger partial charge is 0.315 e. The van der Waals surface area contributed by atoms with Crippen LogP contribution in [0.25, 0.3) is 11.4 Å². The SMILES string of the molecule is Cc1ccc(-c2nnn(CC(=O)Nc3sc4c(c3C#N)CCCC4)n2)cc1. The molecule has 1 N–H and O–H groups in total. The van der Waals surface area contributed by atoms with Crippen LogP contribution in [0.1, 0.15) is 34.4 Å². The van der Waals surface area contributed by atoms with Crippen LogP contribution >= 0.6 is 11.3 Å². The molecule has 0 spiro atoms. The van der Waals surface area contributed by atoms with Crippen LogP contribution < -0.4 is 5.32 Å². The first kappa shape index (κ1) is 17.4. The Labute approximate surface area is 160 Å². The highest BCUT2D eigenvalue weighted by atomic mass is 32.1. The van der Waals surface area contributed by atoms with Gasteiger partial charge in [-0.3, -0.25) is 4.79 Å². The zero-order chi connectivity index (χ0) is 18.8. The number of carbonyl (C=O) groups is 1. The summed E-state index contributed by atoms with van der Waals surface area (Å²) in [7, 11) is 0. The van der Waals surface area contributed by atoms with Gasteiger partial charge in [-0.1, -0.05) is 29.8 Å². The molecule has 2 heterocycles. The van der Waals surface area contributed by atoms with Gasteiger partial charge in [0.1, 0.15) is 17.6 Å². The maximum Gasteiger partial charge on any atom is 0.248 e. The second-order valence-electron chi connectivity index (χ2n) is 6.58. The van der Waals surface area contributed by atoms with Crippen molar-refractivity contribution < 1.29 is 4.79 Å². The van der Waals surface area contributed by atoms with E-state index in [0.29, 0.717) is 16.4 Å². The van der Waals surface area contributed by atoms with Crippen LogP contribution in [0, 0.1) is 18.3 Å². The van der Waals surface area contributed by atoms with Gasteiger partial charge >= 0.3 is 0 Å². The standard InChI is InChI=1S/C19H18N6OS/c1-12-6-8-13(9-7-12)18-22-24-25(23-18)11-17(26)21-19-15(10-20)14-4-2-3-5-16(14)27-19/h6-9H,2-5,11H2,1H3,(H,21,26). The van der Waals surface area contributed by atoms with Crippen LogP contribution in [0.5, 0.6) is 0 Å². The summed E-state index contributed by atoms with van der Waals surface area (Å²) >= 11 is 1.51. The summed E-state index contributed by atoms with van der Waals surface area (Å²) in [6.45, 7) is 1.96. The molecule has 8 heteroatoms. The topological polar surface area (TPSA) is 96.5 Å². The zero-order valence-corrected chi connectivity index (χ0v) is 15.7. The first-order valence-corrected chi connectivity index (χ1v) is 9.65. The highest BCUT2D eigenvalue weighted by molar-refractivity contribution is 7.16. The van der Waals surface area contributed by atoms with E-state index in [1.807, 2.05) is 31.2 Å². The van der Waals surface area contributed by atoms with Crippen molar-refractivity contribution in [2.24, 2.45) is 0 Å². The third kappa shape index (κ3) is 3.59. The van der Waals surface area contributed by atoms with E-state index in [1.165, 1.54) is 21.0 Å². The molecule has 1 aromatic carbocycles. The van der Waals surface area contributed by atoms with Crippen LogP contribution in [0.2, 0.25) is 0 Å². The fourth-order valence-corrected chi connectivity index (χ4v) is 4.45. The Kier molecular flexibility index (Phi) is 4.69. The molecule has 1 aliphatic rings. The van der Waals surface area contributed by atoms with Gasteiger partial charge in [0.05, 0.1) is 5.56 Å². The Morgan fingerprint density at radius 3 is 2.85 bits per heavy atom. The van der Waals surface area contributed by atoms with E-state index in [1.54, 1.807) is 0 Å². The number of tetrazole rings is 1. The summed E-state index contributed by atoms with van der Waals surface area (Å²) in [6, 6.07) is 10.0. The van der Waals surface area contributed by atoms with Crippen molar-refractivity contribution in [1.82, 2.24) is 20.2 Å². The number of fused-ring (bicyclic) bond motifs is 1. The predicted molar refractivity (Wildman–Crippen MR) is 102 cm³/mol. The molecule has 0 saturated heterocycles. The quantitative estimate of drug-likeness (QED) is 0.752. The van der Waals surface area contributed by atoms with Gasteiger partial charge in [0.15, 0.2) is 0 Å². The minimum atomic E-state index is -0.266. The smallest absolute Gasteiger partial charge is 0.248 e. The first-order chi connectivity index (χ1) is 13.1. The average molecular weight is 378 g/mol. The third-order valence-electron chi connectivity index (χ3n) is 4.58. The summed E-state index contributed by atoms with van der Waals surface area (Å²) in [5, 5.41) is 25.2. The molecule has 0 bridgehead atoms. The molecular weight excluding hydrogens is 360 g/mol. The molecule has 0 saturated carbocycles. The maximum absolute atomic E-state index is 12.4. The van der Waals surface area contributed by atoms with Crippen LogP contribution in [0.3, 0.4) is 0 Å². The minimum absolute atomic E-state index is 0.0493. The molecule has 0 atom stereocenters. The minimum Gasteiger partial charge on any atom is -0.315 e. The molecule has 1 amide bonds. The molecule has 0 unspecified atom stereocenters. The number of aromatic nitrogens is 4. The van der Waals surface area contributed by atoms with Gasteiger partial charge in [-0.15, -0.1) is 21.5 Å². The molecule has 0 aliphatic heterocycles. The third-order valence-corrected chi connectivity index (χ3v) is 5.79. The lowest BCUT2D eigenvalue weighted by Crippen LogP contribution is -2.20. The predicted octanol–water partition coefficient (Wildman–Crippen LogP) is 3.10. The second kappa shape index (κ2) is 7.29. The number of hydrogen-bond acceptors (Lipinski definition) is 6. The highest BCUT2D eigenvalue weighted by Crippen LogP contribution is 2.37. The lowest BCUT2D eigenvalue weighted by atomic mass is 9.96. The number of nitrogens with zero attached hydrogens (tertiary/aromatic N) is 5. The number of benzene rings is 1. The Balaban J connectivity index is 1.47. The van der Waals surface area contributed by atoms with Crippen molar-refractivity contribution in [3.05, 3.63) is 45.8 Å². The Hall–Kier alpha value is -3.05. The molecule has 1 aliphatic carbocycles. The van der Waals surface area contributed by atoms with Gasteiger partial charge in [-0.25, -0.2) is 0 Å². The Morgan fingerprint density at radius 1 is 1.30 bits per heavy atom. The number of hydrogen-bond donors (Lipinski definition) is 1. The number of aryl methyl sites for hydroxylation is 2. The second-order valence-corrected chi connectivity index (χ2v) is 7.69. The molecule has 27 heavy (non-hydrogen) atoms. The van der Waals surface area contributed by atoms with Crippen molar-refractivity contribution in [3.8, 4) is 17.5 Å². The molecular formula is C19H18N6OS. The summed E-state index contributed by atoms with van der Waals surface area (Å²) in [6.07, 6.45) is 4.12. The van der Waals surface area contributed by atoms with Crippen molar-refractivity contribution in [1.29, 1.82) is 5.26 Å². The average Bonchev–Trinajstić information content (AvgIpc) is 3.26. The van der Waals surface area contributed by atoms with Crippen LogP contribution in [0.4, 0.5) is 5.00 Å². The number of nitrogens with one attached hydrogen (secondary N) is 1. The number of anilines is 1. The zero-order valence-electron chi connectivity index (χ0n) is 14.9. The van der Waals surface area contributed by atoms with E-state index >= 15 is 0 Å². The maximum atomic E-state index is 12.4. The molecule has 4 rings (SSSR count). The van der Waals surface area contributed by atoms with Crippen LogP contribution in [-0.2, 0) is 24.2 Å². The summed E-state index contributed by atoms with van der Waals surface area (Å²) < 4.78 is 0. The number of carbonyl (C=O) groups excluding carboxylic acids is 1. The van der Waals surface area contributed by atoms with E-state index in [2.05, 4.69) is 26.8 Å². The Morgan fingerprint density at radius 2 is 2.07 bits per heavy atom. The number of nitriles is 1. The van der Waals surface area contributed by atoms with Gasteiger partial charge in [-0.05, 0) is 43.4 Å². The molecule has 3 aromatic rings. The normalized spacial score (nSPS) is 13.0. The summed E-state index contributed by atoms with van der Waals surface area (Å²) in [5.74, 6) is 0.213. The number of rotatable bonds is 4. The summed E-state index contributed by atoms with van der Waals surface area (Å²) in [4.78, 5) is 14.9. The fraction of sp³-hybridized carbons (Fsp3) is 0.316. The van der Waals surface area contributed by atoms with Crippen molar-refractivity contribution >= 4 is 22.2 Å². The van der Waals surface area contributed by atoms with E-state index in [-0.39, 0.29) is 12.5 Å². The van der Waals surface area contributed by atoms with Crippen LogP contribution in [-0.4, -0.2) is 26.1 Å². The molecule has 7 nitrogen and oxygen atoms in total. The lowest BCUT2D eigenvalue weighted by Gasteiger charge is -2.09. The fourth-order valence-electron chi connectivity index (χ4n) is 3.20. The Bertz CT molecular complexity index is 1030. The van der Waals surface area contributed by atoms with E-state index in [0.717, 1.165) is 42.4 Å². The van der Waals surface area contributed by atoms with E-state index in [4.69, 9.17) is 0 Å². The monoisotopic (exact) mass is 378 g/mol. The first-order valence-electron chi connectivity index (χ1n) is 8.83. The van der Waals surface area contributed by atoms with Crippen LogP contribution in [0.15, 0.2) is 24.3 Å². The number of amides is 1. The van der Waals surface area contributed by atoms with E-state index < -0.39 is 0 Å². The molecule has 136 valence electrons. The van der Waals surface area contributed by atoms with E-state index in [9.17, 15) is 10.1 Å².